The fourth-order valence-corrected chi connectivity index (χ4v) is 3.57. The summed E-state index contributed by atoms with van der Waals surface area (Å²) < 4.78 is 21.5. The molecule has 1 aromatic carbocycles. The molecule has 8 heteroatoms. The van der Waals surface area contributed by atoms with Gasteiger partial charge in [0.1, 0.15) is 11.3 Å². The van der Waals surface area contributed by atoms with Crippen molar-refractivity contribution in [2.45, 2.75) is 25.8 Å². The van der Waals surface area contributed by atoms with Crippen molar-refractivity contribution >= 4 is 38.7 Å². The number of benzene rings is 1. The quantitative estimate of drug-likeness (QED) is 0.558. The fraction of sp³-hybridized carbons (Fsp3) is 0.444. The first-order valence-electron chi connectivity index (χ1n) is 8.71. The minimum Gasteiger partial charge on any atom is -0.384 e. The van der Waals surface area contributed by atoms with E-state index in [1.54, 1.807) is 13.4 Å². The number of aromatic nitrogens is 3. The number of rotatable bonds is 9. The molecule has 0 aliphatic carbocycles. The van der Waals surface area contributed by atoms with Crippen molar-refractivity contribution in [2.75, 3.05) is 32.3 Å². The van der Waals surface area contributed by atoms with Crippen LogP contribution in [0.15, 0.2) is 24.3 Å². The summed E-state index contributed by atoms with van der Waals surface area (Å²) in [4.78, 5) is 9.25. The zero-order valence-electron chi connectivity index (χ0n) is 15.2. The molecule has 0 saturated heterocycles. The van der Waals surface area contributed by atoms with Gasteiger partial charge in [0.05, 0.1) is 28.6 Å². The van der Waals surface area contributed by atoms with Crippen molar-refractivity contribution < 1.29 is 8.95 Å². The zero-order valence-corrected chi connectivity index (χ0v) is 16.0. The van der Waals surface area contributed by atoms with Gasteiger partial charge in [0.15, 0.2) is 5.82 Å². The number of pyridine rings is 1. The summed E-state index contributed by atoms with van der Waals surface area (Å²) in [6.45, 7) is 2.15. The van der Waals surface area contributed by atoms with Crippen LogP contribution in [0, 0.1) is 0 Å². The lowest BCUT2D eigenvalue weighted by atomic mass is 10.2. The van der Waals surface area contributed by atoms with E-state index >= 15 is 0 Å². The van der Waals surface area contributed by atoms with E-state index in [-0.39, 0.29) is 0 Å². The smallest absolute Gasteiger partial charge is 0.152 e. The van der Waals surface area contributed by atoms with Crippen LogP contribution < -0.4 is 10.5 Å². The Hall–Kier alpha value is -2.03. The Bertz CT molecular complexity index is 925. The molecule has 1 atom stereocenters. The van der Waals surface area contributed by atoms with Crippen molar-refractivity contribution in [3.8, 4) is 0 Å². The van der Waals surface area contributed by atoms with Crippen LogP contribution >= 0.6 is 0 Å². The number of hydrogen-bond donors (Lipinski definition) is 2. The number of para-hydroxylation sites is 1. The highest BCUT2D eigenvalue weighted by Gasteiger charge is 2.16. The van der Waals surface area contributed by atoms with Crippen LogP contribution in [0.5, 0.6) is 0 Å². The van der Waals surface area contributed by atoms with Crippen molar-refractivity contribution in [2.24, 2.45) is 0 Å². The van der Waals surface area contributed by atoms with Gasteiger partial charge >= 0.3 is 0 Å². The third kappa shape index (κ3) is 4.03. The van der Waals surface area contributed by atoms with Crippen LogP contribution in [0.1, 0.15) is 18.7 Å². The number of anilines is 1. The molecule has 0 spiro atoms. The van der Waals surface area contributed by atoms with E-state index in [0.29, 0.717) is 12.4 Å². The topological polar surface area (TPSA) is 95.1 Å². The average Bonchev–Trinajstić information content (AvgIpc) is 2.99. The molecule has 0 bridgehead atoms. The van der Waals surface area contributed by atoms with Crippen molar-refractivity contribution in [1.82, 2.24) is 19.3 Å². The highest BCUT2D eigenvalue weighted by atomic mass is 32.2. The summed E-state index contributed by atoms with van der Waals surface area (Å²) in [6.07, 6.45) is 4.25. The molecular weight excluding hydrogens is 350 g/mol. The second-order valence-corrected chi connectivity index (χ2v) is 7.39. The van der Waals surface area contributed by atoms with Gasteiger partial charge in [-0.25, -0.2) is 18.9 Å². The Morgan fingerprint density at radius 2 is 2.08 bits per heavy atom. The minimum absolute atomic E-state index is 0.458. The summed E-state index contributed by atoms with van der Waals surface area (Å²) in [6, 6.07) is 8.00. The number of nitrogen functional groups attached to an aromatic ring is 1. The number of hydrogen-bond acceptors (Lipinski definition) is 5. The van der Waals surface area contributed by atoms with Crippen LogP contribution in [0.3, 0.4) is 0 Å². The number of nitrogens with zero attached hydrogens (tertiary/aromatic N) is 3. The molecule has 7 nitrogen and oxygen atoms in total. The first kappa shape index (κ1) is 18.8. The third-order valence-electron chi connectivity index (χ3n) is 4.33. The van der Waals surface area contributed by atoms with Gasteiger partial charge in [-0.3, -0.25) is 0 Å². The number of nitrogens with two attached hydrogens (primary N) is 1. The molecule has 140 valence electrons. The van der Waals surface area contributed by atoms with E-state index in [1.165, 1.54) is 0 Å². The monoisotopic (exact) mass is 375 g/mol. The Kier molecular flexibility index (Phi) is 6.18. The molecule has 2 heterocycles. The Labute approximate surface area is 155 Å². The lowest BCUT2D eigenvalue weighted by Crippen LogP contribution is -2.17. The summed E-state index contributed by atoms with van der Waals surface area (Å²) in [5.41, 5.74) is 8.84. The standard InChI is InChI=1S/C18H25N5O2S/c1-25-12-9-15-22-16-17(23(15)11-6-5-10-20-26(2)24)13-7-3-4-8-14(13)21-18(16)19/h3-4,7-8,20H,5-6,9-12H2,1-2H3,(H2,19,21). The SMILES string of the molecule is COCCc1nc2c(N)nc3ccccc3c2n1CCCCNS(C)=O. The molecule has 3 rings (SSSR count). The number of fused-ring (bicyclic) bond motifs is 3. The van der Waals surface area contributed by atoms with Gasteiger partial charge < -0.3 is 15.0 Å². The summed E-state index contributed by atoms with van der Waals surface area (Å²) in [5.74, 6) is 1.41. The van der Waals surface area contributed by atoms with Gasteiger partial charge in [-0.1, -0.05) is 18.2 Å². The maximum atomic E-state index is 11.1. The maximum Gasteiger partial charge on any atom is 0.152 e. The molecule has 26 heavy (non-hydrogen) atoms. The number of unbranched alkanes of at least 4 members (excludes halogenated alkanes) is 1. The van der Waals surface area contributed by atoms with E-state index in [2.05, 4.69) is 20.3 Å². The fourth-order valence-electron chi connectivity index (χ4n) is 3.14. The lowest BCUT2D eigenvalue weighted by molar-refractivity contribution is 0.199. The Morgan fingerprint density at radius 3 is 2.85 bits per heavy atom. The van der Waals surface area contributed by atoms with E-state index < -0.39 is 11.0 Å². The van der Waals surface area contributed by atoms with Gasteiger partial charge in [0.25, 0.3) is 0 Å². The summed E-state index contributed by atoms with van der Waals surface area (Å²) in [5, 5.41) is 1.06. The van der Waals surface area contributed by atoms with Gasteiger partial charge in [-0.15, -0.1) is 0 Å². The van der Waals surface area contributed by atoms with Crippen LogP contribution in [0.25, 0.3) is 21.9 Å². The van der Waals surface area contributed by atoms with Crippen LogP contribution in [-0.2, 0) is 28.7 Å². The van der Waals surface area contributed by atoms with Crippen LogP contribution in [0.2, 0.25) is 0 Å². The minimum atomic E-state index is -0.969. The van der Waals surface area contributed by atoms with Crippen LogP contribution in [0.4, 0.5) is 5.82 Å². The predicted molar refractivity (Wildman–Crippen MR) is 106 cm³/mol. The lowest BCUT2D eigenvalue weighted by Gasteiger charge is -2.11. The molecular formula is C18H25N5O2S. The molecule has 0 aliphatic rings. The molecule has 0 saturated carbocycles. The highest BCUT2D eigenvalue weighted by Crippen LogP contribution is 2.29. The summed E-state index contributed by atoms with van der Waals surface area (Å²) in [7, 11) is 0.720. The van der Waals surface area contributed by atoms with Gasteiger partial charge in [0.2, 0.25) is 0 Å². The first-order valence-corrected chi connectivity index (χ1v) is 10.3. The van der Waals surface area contributed by atoms with Gasteiger partial charge in [-0.05, 0) is 18.9 Å². The second kappa shape index (κ2) is 8.57. The summed E-state index contributed by atoms with van der Waals surface area (Å²) >= 11 is 0. The second-order valence-electron chi connectivity index (χ2n) is 6.19. The maximum absolute atomic E-state index is 11.1. The molecule has 0 amide bonds. The van der Waals surface area contributed by atoms with E-state index in [4.69, 9.17) is 15.5 Å². The molecule has 2 aromatic heterocycles. The average molecular weight is 375 g/mol. The highest BCUT2D eigenvalue weighted by molar-refractivity contribution is 7.82. The Balaban J connectivity index is 1.97. The van der Waals surface area contributed by atoms with E-state index in [0.717, 1.165) is 60.1 Å². The van der Waals surface area contributed by atoms with Crippen molar-refractivity contribution in [3.63, 3.8) is 0 Å². The number of nitrogens with one attached hydrogen (secondary N) is 1. The van der Waals surface area contributed by atoms with Gasteiger partial charge in [0, 0.05) is 38.3 Å². The number of methoxy groups -OCH3 is 1. The first-order chi connectivity index (χ1) is 12.6. The third-order valence-corrected chi connectivity index (χ3v) is 4.94. The molecule has 0 aliphatic heterocycles. The van der Waals surface area contributed by atoms with Crippen molar-refractivity contribution in [1.29, 1.82) is 0 Å². The molecule has 3 N–H and O–H groups in total. The molecule has 3 aromatic rings. The van der Waals surface area contributed by atoms with Gasteiger partial charge in [-0.2, -0.15) is 0 Å². The molecule has 0 fully saturated rings. The zero-order chi connectivity index (χ0) is 18.5. The molecule has 0 radical (unpaired) electrons. The van der Waals surface area contributed by atoms with Crippen LogP contribution in [-0.4, -0.2) is 45.3 Å². The molecule has 1 unspecified atom stereocenters. The predicted octanol–water partition coefficient (Wildman–Crippen LogP) is 2.02. The normalized spacial score (nSPS) is 12.8. The van der Waals surface area contributed by atoms with E-state index in [1.807, 2.05) is 18.2 Å². The van der Waals surface area contributed by atoms with Crippen molar-refractivity contribution in [3.05, 3.63) is 30.1 Å². The van der Waals surface area contributed by atoms with E-state index in [9.17, 15) is 4.21 Å². The Morgan fingerprint density at radius 1 is 1.27 bits per heavy atom. The number of ether oxygens (including phenoxy) is 1. The largest absolute Gasteiger partial charge is 0.384 e. The number of aryl methyl sites for hydroxylation is 1. The number of imidazole rings is 1.